The van der Waals surface area contributed by atoms with Crippen LogP contribution in [0.2, 0.25) is 0 Å². The highest BCUT2D eigenvalue weighted by atomic mass is 32.2. The normalized spacial score (nSPS) is 18.7. The summed E-state index contributed by atoms with van der Waals surface area (Å²) in [4.78, 5) is 13.5. The van der Waals surface area contributed by atoms with Crippen LogP contribution in [0.4, 0.5) is 0 Å². The van der Waals surface area contributed by atoms with Gasteiger partial charge in [0.2, 0.25) is 5.12 Å². The van der Waals surface area contributed by atoms with Crippen molar-refractivity contribution >= 4 is 22.6 Å². The second-order valence-corrected chi connectivity index (χ2v) is 4.36. The van der Waals surface area contributed by atoms with Gasteiger partial charge in [-0.3, -0.25) is 9.69 Å². The highest BCUT2D eigenvalue weighted by Crippen LogP contribution is 2.05. The standard InChI is InChI=1S/C9H16N2O4S/c12-3-6-16-9(13)8(10-14)7-11-1-4-15-5-2-11/h12,14H,1-7H2/b10-8-. The molecule has 0 atom stereocenters. The van der Waals surface area contributed by atoms with Crippen LogP contribution in [-0.2, 0) is 9.53 Å². The monoisotopic (exact) mass is 248 g/mol. The predicted octanol–water partition coefficient (Wildman–Crippen LogP) is -0.599. The number of morpholine rings is 1. The van der Waals surface area contributed by atoms with Crippen LogP contribution in [0.5, 0.6) is 0 Å². The number of rotatable bonds is 5. The average Bonchev–Trinajstić information content (AvgIpc) is 2.34. The molecule has 0 aromatic heterocycles. The number of thioether (sulfide) groups is 1. The fourth-order valence-electron chi connectivity index (χ4n) is 1.33. The first kappa shape index (κ1) is 13.4. The second kappa shape index (κ2) is 7.61. The second-order valence-electron chi connectivity index (χ2n) is 3.29. The molecule has 1 aliphatic rings. The molecule has 1 heterocycles. The van der Waals surface area contributed by atoms with Crippen LogP contribution in [-0.4, -0.2) is 71.2 Å². The van der Waals surface area contributed by atoms with Crippen molar-refractivity contribution in [3.05, 3.63) is 0 Å². The Morgan fingerprint density at radius 2 is 2.12 bits per heavy atom. The van der Waals surface area contributed by atoms with E-state index in [2.05, 4.69) is 5.16 Å². The van der Waals surface area contributed by atoms with Gasteiger partial charge < -0.3 is 15.1 Å². The number of aliphatic hydroxyl groups excluding tert-OH is 1. The molecule has 1 fully saturated rings. The van der Waals surface area contributed by atoms with Gasteiger partial charge in [0.05, 0.1) is 19.8 Å². The quantitative estimate of drug-likeness (QED) is 0.384. The molecule has 0 amide bonds. The number of nitrogens with zero attached hydrogens (tertiary/aromatic N) is 2. The Kier molecular flexibility index (Phi) is 6.39. The van der Waals surface area contributed by atoms with Crippen molar-refractivity contribution < 1.29 is 19.8 Å². The number of hydrogen-bond donors (Lipinski definition) is 2. The zero-order chi connectivity index (χ0) is 11.8. The molecule has 0 spiro atoms. The van der Waals surface area contributed by atoms with E-state index in [4.69, 9.17) is 15.1 Å². The Morgan fingerprint density at radius 3 is 2.69 bits per heavy atom. The SMILES string of the molecule is O=C(SCCO)/C(CN1CCOCC1)=N\O. The van der Waals surface area contributed by atoms with Crippen molar-refractivity contribution in [2.45, 2.75) is 0 Å². The summed E-state index contributed by atoms with van der Waals surface area (Å²) < 4.78 is 5.17. The van der Waals surface area contributed by atoms with E-state index in [1.807, 2.05) is 4.90 Å². The van der Waals surface area contributed by atoms with E-state index >= 15 is 0 Å². The molecule has 1 aliphatic heterocycles. The molecule has 1 saturated heterocycles. The van der Waals surface area contributed by atoms with Gasteiger partial charge >= 0.3 is 0 Å². The maximum atomic E-state index is 11.5. The molecule has 92 valence electrons. The number of oxime groups is 1. The number of carbonyl (C=O) groups excluding carboxylic acids is 1. The summed E-state index contributed by atoms with van der Waals surface area (Å²) in [6.45, 7) is 3.01. The Hall–Kier alpha value is -0.630. The Morgan fingerprint density at radius 1 is 1.44 bits per heavy atom. The molecule has 0 aromatic rings. The lowest BCUT2D eigenvalue weighted by molar-refractivity contribution is -0.105. The molecule has 7 heteroatoms. The molecule has 0 radical (unpaired) electrons. The van der Waals surface area contributed by atoms with E-state index in [-0.39, 0.29) is 17.4 Å². The summed E-state index contributed by atoms with van der Waals surface area (Å²) in [5, 5.41) is 20.1. The van der Waals surface area contributed by atoms with Crippen LogP contribution >= 0.6 is 11.8 Å². The molecule has 0 aromatic carbocycles. The first-order valence-corrected chi connectivity index (χ1v) is 6.05. The van der Waals surface area contributed by atoms with Gasteiger partial charge in [0, 0.05) is 25.4 Å². The van der Waals surface area contributed by atoms with Crippen molar-refractivity contribution in [2.75, 3.05) is 45.2 Å². The van der Waals surface area contributed by atoms with E-state index in [0.29, 0.717) is 25.5 Å². The van der Waals surface area contributed by atoms with Crippen LogP contribution in [0.25, 0.3) is 0 Å². The van der Waals surface area contributed by atoms with Crippen molar-refractivity contribution in [1.29, 1.82) is 0 Å². The van der Waals surface area contributed by atoms with E-state index in [1.165, 1.54) is 0 Å². The van der Waals surface area contributed by atoms with E-state index in [1.54, 1.807) is 0 Å². The first-order chi connectivity index (χ1) is 7.77. The number of carbonyl (C=O) groups is 1. The zero-order valence-electron chi connectivity index (χ0n) is 8.96. The fourth-order valence-corrected chi connectivity index (χ4v) is 1.88. The molecular formula is C9H16N2O4S. The summed E-state index contributed by atoms with van der Waals surface area (Å²) >= 11 is 0.960. The molecule has 0 bridgehead atoms. The smallest absolute Gasteiger partial charge is 0.238 e. The van der Waals surface area contributed by atoms with Gasteiger partial charge in [-0.05, 0) is 0 Å². The lowest BCUT2D eigenvalue weighted by atomic mass is 10.3. The minimum Gasteiger partial charge on any atom is -0.410 e. The fraction of sp³-hybridized carbons (Fsp3) is 0.778. The van der Waals surface area contributed by atoms with Crippen LogP contribution in [0.15, 0.2) is 5.16 Å². The molecular weight excluding hydrogens is 232 g/mol. The summed E-state index contributed by atoms with van der Waals surface area (Å²) in [5.74, 6) is 0.320. The highest BCUT2D eigenvalue weighted by Gasteiger charge is 2.18. The summed E-state index contributed by atoms with van der Waals surface area (Å²) in [5.41, 5.74) is 0.125. The van der Waals surface area contributed by atoms with Gasteiger partial charge in [0.1, 0.15) is 5.71 Å². The molecule has 0 unspecified atom stereocenters. The third-order valence-corrected chi connectivity index (χ3v) is 3.04. The molecule has 6 nitrogen and oxygen atoms in total. The Balaban J connectivity index is 2.38. The topological polar surface area (TPSA) is 82.4 Å². The van der Waals surface area contributed by atoms with E-state index in [9.17, 15) is 4.79 Å². The molecule has 0 saturated carbocycles. The predicted molar refractivity (Wildman–Crippen MR) is 61.0 cm³/mol. The third kappa shape index (κ3) is 4.48. The van der Waals surface area contributed by atoms with Gasteiger partial charge in [-0.15, -0.1) is 0 Å². The van der Waals surface area contributed by atoms with Crippen LogP contribution < -0.4 is 0 Å². The lowest BCUT2D eigenvalue weighted by Crippen LogP contribution is -2.41. The largest absolute Gasteiger partial charge is 0.410 e. The Bertz CT molecular complexity index is 254. The third-order valence-electron chi connectivity index (χ3n) is 2.16. The minimum absolute atomic E-state index is 0.0628. The van der Waals surface area contributed by atoms with Crippen molar-refractivity contribution in [3.63, 3.8) is 0 Å². The summed E-state index contributed by atoms with van der Waals surface area (Å²) in [6.07, 6.45) is 0. The van der Waals surface area contributed by atoms with Crippen molar-refractivity contribution in [2.24, 2.45) is 5.16 Å². The minimum atomic E-state index is -0.289. The lowest BCUT2D eigenvalue weighted by Gasteiger charge is -2.26. The summed E-state index contributed by atoms with van der Waals surface area (Å²) in [7, 11) is 0. The zero-order valence-corrected chi connectivity index (χ0v) is 9.78. The van der Waals surface area contributed by atoms with Crippen molar-refractivity contribution in [1.82, 2.24) is 4.90 Å². The van der Waals surface area contributed by atoms with Crippen LogP contribution in [0, 0.1) is 0 Å². The van der Waals surface area contributed by atoms with Gasteiger partial charge in [-0.2, -0.15) is 0 Å². The average molecular weight is 248 g/mol. The maximum Gasteiger partial charge on any atom is 0.238 e. The maximum absolute atomic E-state index is 11.5. The Labute approximate surface area is 98.2 Å². The number of hydrogen-bond acceptors (Lipinski definition) is 7. The van der Waals surface area contributed by atoms with Gasteiger partial charge in [0.15, 0.2) is 0 Å². The van der Waals surface area contributed by atoms with E-state index in [0.717, 1.165) is 24.9 Å². The highest BCUT2D eigenvalue weighted by molar-refractivity contribution is 8.15. The van der Waals surface area contributed by atoms with Gasteiger partial charge in [-0.1, -0.05) is 16.9 Å². The van der Waals surface area contributed by atoms with E-state index < -0.39 is 0 Å². The van der Waals surface area contributed by atoms with Gasteiger partial charge in [0.25, 0.3) is 0 Å². The molecule has 16 heavy (non-hydrogen) atoms. The molecule has 2 N–H and O–H groups in total. The molecule has 1 rings (SSSR count). The van der Waals surface area contributed by atoms with Crippen molar-refractivity contribution in [3.8, 4) is 0 Å². The summed E-state index contributed by atoms with van der Waals surface area (Å²) in [6, 6.07) is 0. The van der Waals surface area contributed by atoms with Gasteiger partial charge in [-0.25, -0.2) is 0 Å². The number of aliphatic hydroxyl groups is 1. The first-order valence-electron chi connectivity index (χ1n) is 5.07. The van der Waals surface area contributed by atoms with Crippen LogP contribution in [0.3, 0.4) is 0 Å². The number of ether oxygens (including phenoxy) is 1. The molecule has 0 aliphatic carbocycles. The van der Waals surface area contributed by atoms with Crippen LogP contribution in [0.1, 0.15) is 0 Å².